The van der Waals surface area contributed by atoms with E-state index in [-0.39, 0.29) is 5.91 Å². The summed E-state index contributed by atoms with van der Waals surface area (Å²) in [5.41, 5.74) is 4.78. The number of carbonyl (C=O) groups excluding carboxylic acids is 1. The van der Waals surface area contributed by atoms with Crippen molar-refractivity contribution < 1.29 is 19.0 Å². The normalized spacial score (nSPS) is 21.8. The van der Waals surface area contributed by atoms with E-state index in [1.807, 2.05) is 6.07 Å². The van der Waals surface area contributed by atoms with Crippen LogP contribution < -0.4 is 24.4 Å². The first-order valence-corrected chi connectivity index (χ1v) is 12.2. The molecule has 2 aromatic carbocycles. The second-order valence-electron chi connectivity index (χ2n) is 9.43. The van der Waals surface area contributed by atoms with Crippen molar-refractivity contribution in [1.29, 1.82) is 0 Å². The quantitative estimate of drug-likeness (QED) is 0.753. The van der Waals surface area contributed by atoms with Crippen LogP contribution in [-0.4, -0.2) is 56.4 Å². The van der Waals surface area contributed by atoms with E-state index in [1.165, 1.54) is 29.7 Å². The first kappa shape index (κ1) is 20.7. The van der Waals surface area contributed by atoms with Gasteiger partial charge in [0.25, 0.3) is 5.91 Å². The van der Waals surface area contributed by atoms with Gasteiger partial charge in [-0.3, -0.25) is 9.69 Å². The number of amides is 1. The van der Waals surface area contributed by atoms with Crippen LogP contribution in [0.5, 0.6) is 17.2 Å². The third-order valence-electron chi connectivity index (χ3n) is 7.30. The van der Waals surface area contributed by atoms with E-state index in [1.54, 1.807) is 0 Å². The minimum Gasteiger partial charge on any atom is -0.478 e. The molecular weight excluding hydrogens is 418 g/mol. The summed E-state index contributed by atoms with van der Waals surface area (Å²) in [7, 11) is 0. The lowest BCUT2D eigenvalue weighted by atomic mass is 9.90. The van der Waals surface area contributed by atoms with Crippen molar-refractivity contribution >= 4 is 17.3 Å². The second kappa shape index (κ2) is 8.78. The smallest absolute Gasteiger partial charge is 0.265 e. The molecule has 3 heterocycles. The summed E-state index contributed by atoms with van der Waals surface area (Å²) in [6.45, 7) is 5.29. The van der Waals surface area contributed by atoms with Crippen LogP contribution in [-0.2, 0) is 17.6 Å². The maximum Gasteiger partial charge on any atom is 0.265 e. The van der Waals surface area contributed by atoms with Gasteiger partial charge in [0.05, 0.1) is 5.69 Å². The fraction of sp³-hybridized carbons (Fsp3) is 0.500. The van der Waals surface area contributed by atoms with Crippen LogP contribution in [0, 0.1) is 0 Å². The predicted octanol–water partition coefficient (Wildman–Crippen LogP) is 3.60. The van der Waals surface area contributed by atoms with Crippen LogP contribution in [0.3, 0.4) is 0 Å². The van der Waals surface area contributed by atoms with Crippen LogP contribution in [0.15, 0.2) is 30.3 Å². The Kier molecular flexibility index (Phi) is 5.50. The molecular formula is C26H31N3O4. The lowest BCUT2D eigenvalue weighted by molar-refractivity contribution is -0.123. The van der Waals surface area contributed by atoms with Gasteiger partial charge in [-0.1, -0.05) is 0 Å². The lowest BCUT2D eigenvalue weighted by Crippen LogP contribution is -2.47. The van der Waals surface area contributed by atoms with Gasteiger partial charge in [0, 0.05) is 37.9 Å². The number of rotatable bonds is 5. The maximum absolute atomic E-state index is 12.6. The third-order valence-corrected chi connectivity index (χ3v) is 7.30. The summed E-state index contributed by atoms with van der Waals surface area (Å²) in [4.78, 5) is 17.5. The zero-order valence-corrected chi connectivity index (χ0v) is 19.0. The highest BCUT2D eigenvalue weighted by Crippen LogP contribution is 2.37. The molecule has 0 radical (unpaired) electrons. The molecule has 3 aliphatic heterocycles. The number of benzene rings is 2. The van der Waals surface area contributed by atoms with Crippen LogP contribution >= 0.6 is 0 Å². The van der Waals surface area contributed by atoms with Crippen molar-refractivity contribution in [1.82, 2.24) is 4.90 Å². The zero-order valence-electron chi connectivity index (χ0n) is 19.0. The van der Waals surface area contributed by atoms with Crippen molar-refractivity contribution in [2.45, 2.75) is 44.6 Å². The van der Waals surface area contributed by atoms with Gasteiger partial charge >= 0.3 is 0 Å². The standard InChI is InChI=1S/C26H31N3O4/c30-26-23(33-24-15-19-5-2-1-4-18(19)14-21(24)27-26)6-3-9-28-10-12-29(13-11-28)20-7-8-22-25(16-20)32-17-31-22/h7-8,14-16,23H,1-6,9-13,17H2,(H,27,30). The Morgan fingerprint density at radius 3 is 2.55 bits per heavy atom. The highest BCUT2D eigenvalue weighted by atomic mass is 16.7. The monoisotopic (exact) mass is 449 g/mol. The van der Waals surface area contributed by atoms with E-state index in [9.17, 15) is 4.79 Å². The first-order valence-electron chi connectivity index (χ1n) is 12.2. The van der Waals surface area contributed by atoms with Gasteiger partial charge in [0.1, 0.15) is 5.75 Å². The van der Waals surface area contributed by atoms with Crippen molar-refractivity contribution in [3.05, 3.63) is 41.5 Å². The van der Waals surface area contributed by atoms with Crippen LogP contribution in [0.25, 0.3) is 0 Å². The van der Waals surface area contributed by atoms with E-state index in [0.717, 1.165) is 81.3 Å². The number of anilines is 2. The SMILES string of the molecule is O=C1Nc2cc3c(cc2OC1CCCN1CCN(c2ccc4c(c2)OCO4)CC1)CCCC3. The number of ether oxygens (including phenoxy) is 3. The topological polar surface area (TPSA) is 63.3 Å². The molecule has 7 heteroatoms. The molecule has 6 rings (SSSR count). The van der Waals surface area contributed by atoms with Crippen molar-refractivity contribution in [2.24, 2.45) is 0 Å². The van der Waals surface area contributed by atoms with Gasteiger partial charge in [0.2, 0.25) is 6.79 Å². The molecule has 1 aliphatic carbocycles. The highest BCUT2D eigenvalue weighted by molar-refractivity contribution is 5.98. The molecule has 1 N–H and O–H groups in total. The van der Waals surface area contributed by atoms with Gasteiger partial charge in [0.15, 0.2) is 17.6 Å². The second-order valence-corrected chi connectivity index (χ2v) is 9.43. The number of aryl methyl sites for hydroxylation is 2. The number of nitrogens with zero attached hydrogens (tertiary/aromatic N) is 2. The Bertz CT molecular complexity index is 1050. The van der Waals surface area contributed by atoms with E-state index < -0.39 is 6.10 Å². The third kappa shape index (κ3) is 4.22. The number of hydrogen-bond acceptors (Lipinski definition) is 6. The molecule has 1 unspecified atom stereocenters. The number of carbonyl (C=O) groups is 1. The van der Waals surface area contributed by atoms with Gasteiger partial charge < -0.3 is 24.4 Å². The summed E-state index contributed by atoms with van der Waals surface area (Å²) in [6.07, 6.45) is 5.98. The Labute approximate surface area is 194 Å². The molecule has 2 aromatic rings. The summed E-state index contributed by atoms with van der Waals surface area (Å²) >= 11 is 0. The van der Waals surface area contributed by atoms with E-state index in [0.29, 0.717) is 6.79 Å². The molecule has 0 aromatic heterocycles. The Balaban J connectivity index is 0.991. The number of nitrogens with one attached hydrogen (secondary N) is 1. The molecule has 33 heavy (non-hydrogen) atoms. The van der Waals surface area contributed by atoms with Gasteiger partial charge in [-0.25, -0.2) is 0 Å². The Morgan fingerprint density at radius 2 is 1.70 bits per heavy atom. The molecule has 1 saturated heterocycles. The zero-order chi connectivity index (χ0) is 22.2. The van der Waals surface area contributed by atoms with Crippen molar-refractivity contribution in [3.8, 4) is 17.2 Å². The first-order chi connectivity index (χ1) is 16.2. The van der Waals surface area contributed by atoms with Crippen molar-refractivity contribution in [3.63, 3.8) is 0 Å². The highest BCUT2D eigenvalue weighted by Gasteiger charge is 2.29. The molecule has 0 bridgehead atoms. The molecule has 1 atom stereocenters. The summed E-state index contributed by atoms with van der Waals surface area (Å²) in [5.74, 6) is 2.50. The number of fused-ring (bicyclic) bond motifs is 3. The molecule has 7 nitrogen and oxygen atoms in total. The molecule has 1 fully saturated rings. The largest absolute Gasteiger partial charge is 0.478 e. The molecule has 0 saturated carbocycles. The minimum absolute atomic E-state index is 0.00844. The Hall–Kier alpha value is -2.93. The summed E-state index contributed by atoms with van der Waals surface area (Å²) in [6, 6.07) is 10.5. The van der Waals surface area contributed by atoms with Crippen LogP contribution in [0.2, 0.25) is 0 Å². The fourth-order valence-electron chi connectivity index (χ4n) is 5.38. The van der Waals surface area contributed by atoms with Gasteiger partial charge in [-0.15, -0.1) is 0 Å². The molecule has 174 valence electrons. The predicted molar refractivity (Wildman–Crippen MR) is 127 cm³/mol. The molecule has 1 amide bonds. The lowest BCUT2D eigenvalue weighted by Gasteiger charge is -2.36. The van der Waals surface area contributed by atoms with Crippen LogP contribution in [0.4, 0.5) is 11.4 Å². The number of hydrogen-bond donors (Lipinski definition) is 1. The average Bonchev–Trinajstić information content (AvgIpc) is 3.32. The van der Waals surface area contributed by atoms with E-state index in [4.69, 9.17) is 14.2 Å². The average molecular weight is 450 g/mol. The fourth-order valence-corrected chi connectivity index (χ4v) is 5.38. The summed E-state index contributed by atoms with van der Waals surface area (Å²) in [5, 5.41) is 3.09. The minimum atomic E-state index is -0.394. The van der Waals surface area contributed by atoms with E-state index in [2.05, 4.69) is 39.4 Å². The maximum atomic E-state index is 12.6. The van der Waals surface area contributed by atoms with Gasteiger partial charge in [-0.05, 0) is 80.5 Å². The summed E-state index contributed by atoms with van der Waals surface area (Å²) < 4.78 is 17.1. The van der Waals surface area contributed by atoms with Gasteiger partial charge in [-0.2, -0.15) is 0 Å². The number of piperazine rings is 1. The van der Waals surface area contributed by atoms with Crippen LogP contribution in [0.1, 0.15) is 36.8 Å². The molecule has 4 aliphatic rings. The molecule has 0 spiro atoms. The van der Waals surface area contributed by atoms with Crippen molar-refractivity contribution in [2.75, 3.05) is 49.7 Å². The Morgan fingerprint density at radius 1 is 0.909 bits per heavy atom. The van der Waals surface area contributed by atoms with E-state index >= 15 is 0 Å².